The van der Waals surface area contributed by atoms with Crippen molar-refractivity contribution in [2.24, 2.45) is 0 Å². The number of nitrogens with one attached hydrogen (secondary N) is 2. The number of hydrogen-bond donors (Lipinski definition) is 2. The van der Waals surface area contributed by atoms with Gasteiger partial charge >= 0.3 is 5.97 Å². The molecule has 2 heterocycles. The molecule has 7 nitrogen and oxygen atoms in total. The first-order valence-electron chi connectivity index (χ1n) is 7.65. The second kappa shape index (κ2) is 8.84. The lowest BCUT2D eigenvalue weighted by atomic mass is 10.3. The molecule has 0 bridgehead atoms. The van der Waals surface area contributed by atoms with Gasteiger partial charge in [0.2, 0.25) is 11.1 Å². The van der Waals surface area contributed by atoms with E-state index in [4.69, 9.17) is 4.74 Å². The zero-order chi connectivity index (χ0) is 17.5. The van der Waals surface area contributed by atoms with Gasteiger partial charge in [0.1, 0.15) is 10.7 Å². The van der Waals surface area contributed by atoms with Crippen molar-refractivity contribution in [3.63, 3.8) is 0 Å². The van der Waals surface area contributed by atoms with E-state index in [1.165, 1.54) is 23.1 Å². The number of hydrogen-bond acceptors (Lipinski definition) is 7. The third-order valence-corrected chi connectivity index (χ3v) is 4.95. The van der Waals surface area contributed by atoms with Crippen LogP contribution in [-0.4, -0.2) is 39.4 Å². The SMILES string of the molecule is CCCc1nc(SCC(=O)Nc2cc(C)c(C(=O)OCC)s2)n[nH]1. The van der Waals surface area contributed by atoms with Crippen LogP contribution in [-0.2, 0) is 16.0 Å². The first kappa shape index (κ1) is 18.5. The maximum Gasteiger partial charge on any atom is 0.348 e. The van der Waals surface area contributed by atoms with E-state index in [-0.39, 0.29) is 17.6 Å². The first-order valence-corrected chi connectivity index (χ1v) is 9.45. The molecule has 9 heteroatoms. The molecule has 2 N–H and O–H groups in total. The normalized spacial score (nSPS) is 10.6. The second-order valence-electron chi connectivity index (χ2n) is 4.99. The summed E-state index contributed by atoms with van der Waals surface area (Å²) in [6.45, 7) is 5.97. The highest BCUT2D eigenvalue weighted by molar-refractivity contribution is 7.99. The predicted molar refractivity (Wildman–Crippen MR) is 94.7 cm³/mol. The average Bonchev–Trinajstić information content (AvgIpc) is 3.12. The molecule has 2 aromatic heterocycles. The van der Waals surface area contributed by atoms with Gasteiger partial charge in [-0.3, -0.25) is 9.89 Å². The molecule has 0 aromatic carbocycles. The number of carbonyl (C=O) groups excluding carboxylic acids is 2. The molecule has 24 heavy (non-hydrogen) atoms. The minimum Gasteiger partial charge on any atom is -0.462 e. The Labute approximate surface area is 148 Å². The van der Waals surface area contributed by atoms with Gasteiger partial charge in [-0.15, -0.1) is 16.4 Å². The lowest BCUT2D eigenvalue weighted by molar-refractivity contribution is -0.113. The van der Waals surface area contributed by atoms with E-state index in [1.807, 2.05) is 6.92 Å². The Bertz CT molecular complexity index is 711. The molecule has 0 aliphatic carbocycles. The van der Waals surface area contributed by atoms with Crippen molar-refractivity contribution in [2.45, 2.75) is 38.8 Å². The van der Waals surface area contributed by atoms with Gasteiger partial charge in [0, 0.05) is 6.42 Å². The highest BCUT2D eigenvalue weighted by Gasteiger charge is 2.16. The number of nitrogens with zero attached hydrogens (tertiary/aromatic N) is 2. The third-order valence-electron chi connectivity index (χ3n) is 2.97. The van der Waals surface area contributed by atoms with E-state index in [0.717, 1.165) is 24.2 Å². The molecule has 130 valence electrons. The van der Waals surface area contributed by atoms with E-state index in [9.17, 15) is 9.59 Å². The van der Waals surface area contributed by atoms with Crippen LogP contribution in [0.4, 0.5) is 5.00 Å². The number of anilines is 1. The number of esters is 1. The maximum absolute atomic E-state index is 12.0. The first-order chi connectivity index (χ1) is 11.5. The summed E-state index contributed by atoms with van der Waals surface area (Å²) in [5, 5.41) is 10.9. The molecule has 1 amide bonds. The van der Waals surface area contributed by atoms with Crippen molar-refractivity contribution in [1.82, 2.24) is 15.2 Å². The Kier molecular flexibility index (Phi) is 6.80. The molecule has 0 saturated carbocycles. The lowest BCUT2D eigenvalue weighted by Gasteiger charge is -2.00. The van der Waals surface area contributed by atoms with Crippen LogP contribution in [0.5, 0.6) is 0 Å². The van der Waals surface area contributed by atoms with Gasteiger partial charge in [-0.2, -0.15) is 0 Å². The molecule has 0 atom stereocenters. The Morgan fingerprint density at radius 2 is 2.21 bits per heavy atom. The van der Waals surface area contributed by atoms with Crippen molar-refractivity contribution in [1.29, 1.82) is 0 Å². The summed E-state index contributed by atoms with van der Waals surface area (Å²) in [4.78, 5) is 28.6. The average molecular weight is 368 g/mol. The van der Waals surface area contributed by atoms with E-state index in [1.54, 1.807) is 13.0 Å². The maximum atomic E-state index is 12.0. The van der Waals surface area contributed by atoms with Crippen LogP contribution in [0, 0.1) is 6.92 Å². The minimum absolute atomic E-state index is 0.168. The number of carbonyl (C=O) groups is 2. The Hall–Kier alpha value is -1.87. The fraction of sp³-hybridized carbons (Fsp3) is 0.467. The van der Waals surface area contributed by atoms with Crippen LogP contribution in [0.3, 0.4) is 0 Å². The van der Waals surface area contributed by atoms with Crippen molar-refractivity contribution in [3.8, 4) is 0 Å². The standard InChI is InChI=1S/C15H20N4O3S2/c1-4-6-10-16-15(19-18-10)23-8-11(20)17-12-7-9(3)13(24-12)14(21)22-5-2/h7H,4-6,8H2,1-3H3,(H,17,20)(H,16,18,19). The van der Waals surface area contributed by atoms with Gasteiger partial charge < -0.3 is 10.1 Å². The summed E-state index contributed by atoms with van der Waals surface area (Å²) in [5.74, 6) is 0.501. The van der Waals surface area contributed by atoms with Crippen LogP contribution < -0.4 is 5.32 Å². The number of rotatable bonds is 8. The molecular weight excluding hydrogens is 348 g/mol. The number of aromatic nitrogens is 3. The quantitative estimate of drug-likeness (QED) is 0.549. The number of ether oxygens (including phenoxy) is 1. The highest BCUT2D eigenvalue weighted by Crippen LogP contribution is 2.27. The van der Waals surface area contributed by atoms with Crippen LogP contribution in [0.15, 0.2) is 11.2 Å². The minimum atomic E-state index is -0.362. The number of aryl methyl sites for hydroxylation is 2. The van der Waals surface area contributed by atoms with Gasteiger partial charge in [0.25, 0.3) is 0 Å². The van der Waals surface area contributed by atoms with E-state index in [2.05, 4.69) is 27.4 Å². The third kappa shape index (κ3) is 5.07. The Morgan fingerprint density at radius 3 is 2.92 bits per heavy atom. The highest BCUT2D eigenvalue weighted by atomic mass is 32.2. The molecular formula is C15H20N4O3S2. The van der Waals surface area contributed by atoms with Crippen molar-refractivity contribution in [3.05, 3.63) is 22.3 Å². The fourth-order valence-corrected chi connectivity index (χ4v) is 3.54. The predicted octanol–water partition coefficient (Wildman–Crippen LogP) is 3.03. The smallest absolute Gasteiger partial charge is 0.348 e. The summed E-state index contributed by atoms with van der Waals surface area (Å²) >= 11 is 2.48. The summed E-state index contributed by atoms with van der Waals surface area (Å²) in [6.07, 6.45) is 1.82. The zero-order valence-corrected chi connectivity index (χ0v) is 15.5. The van der Waals surface area contributed by atoms with Crippen LogP contribution in [0.2, 0.25) is 0 Å². The summed E-state index contributed by atoms with van der Waals surface area (Å²) in [7, 11) is 0. The summed E-state index contributed by atoms with van der Waals surface area (Å²) in [5.41, 5.74) is 0.791. The van der Waals surface area contributed by atoms with Gasteiger partial charge in [-0.25, -0.2) is 9.78 Å². The van der Waals surface area contributed by atoms with Crippen molar-refractivity contribution < 1.29 is 14.3 Å². The van der Waals surface area contributed by atoms with Crippen molar-refractivity contribution in [2.75, 3.05) is 17.7 Å². The molecule has 2 aromatic rings. The van der Waals surface area contributed by atoms with Gasteiger partial charge in [-0.05, 0) is 31.9 Å². The Balaban J connectivity index is 1.87. The summed E-state index contributed by atoms with van der Waals surface area (Å²) in [6, 6.07) is 1.77. The molecule has 0 fully saturated rings. The van der Waals surface area contributed by atoms with Crippen LogP contribution in [0.1, 0.15) is 41.3 Å². The molecule has 0 unspecified atom stereocenters. The molecule has 0 aliphatic heterocycles. The lowest BCUT2D eigenvalue weighted by Crippen LogP contribution is -2.13. The summed E-state index contributed by atoms with van der Waals surface area (Å²) < 4.78 is 4.99. The number of H-pyrrole nitrogens is 1. The van der Waals surface area contributed by atoms with Gasteiger partial charge in [0.05, 0.1) is 17.4 Å². The van der Waals surface area contributed by atoms with Gasteiger partial charge in [0.15, 0.2) is 0 Å². The number of thioether (sulfide) groups is 1. The van der Waals surface area contributed by atoms with Crippen LogP contribution in [0.25, 0.3) is 0 Å². The fourth-order valence-electron chi connectivity index (χ4n) is 1.94. The number of aromatic amines is 1. The molecule has 2 rings (SSSR count). The molecule has 0 radical (unpaired) electrons. The van der Waals surface area contributed by atoms with E-state index >= 15 is 0 Å². The molecule has 0 saturated heterocycles. The second-order valence-corrected chi connectivity index (χ2v) is 6.99. The molecule has 0 spiro atoms. The largest absolute Gasteiger partial charge is 0.462 e. The Morgan fingerprint density at radius 1 is 1.42 bits per heavy atom. The van der Waals surface area contributed by atoms with Crippen LogP contribution >= 0.6 is 23.1 Å². The van der Waals surface area contributed by atoms with E-state index < -0.39 is 0 Å². The number of amides is 1. The van der Waals surface area contributed by atoms with Gasteiger partial charge in [-0.1, -0.05) is 18.7 Å². The van der Waals surface area contributed by atoms with Crippen molar-refractivity contribution >= 4 is 40.0 Å². The number of thiophene rings is 1. The monoisotopic (exact) mass is 368 g/mol. The topological polar surface area (TPSA) is 97.0 Å². The molecule has 0 aliphatic rings. The zero-order valence-electron chi connectivity index (χ0n) is 13.8. The van der Waals surface area contributed by atoms with E-state index in [0.29, 0.717) is 21.6 Å².